The number of nitrogens with one attached hydrogen (secondary N) is 1. The maximum atomic E-state index is 12.1. The van der Waals surface area contributed by atoms with Crippen molar-refractivity contribution in [1.29, 1.82) is 0 Å². The lowest BCUT2D eigenvalue weighted by Gasteiger charge is -2.12. The number of carbonyl (C=O) groups excluding carboxylic acids is 1. The number of hydrogen-bond donors (Lipinski definition) is 1. The summed E-state index contributed by atoms with van der Waals surface area (Å²) in [5.74, 6) is -0.253. The number of fused-ring (bicyclic) bond motifs is 2. The average Bonchev–Trinajstić information content (AvgIpc) is 2.43. The number of amides is 1. The highest BCUT2D eigenvalue weighted by atomic mass is 19.3. The van der Waals surface area contributed by atoms with Crippen molar-refractivity contribution in [2.45, 2.75) is 18.9 Å². The number of piperidine rings is 1. The van der Waals surface area contributed by atoms with Crippen LogP contribution in [0.15, 0.2) is 11.7 Å². The molecule has 1 saturated carbocycles. The molecule has 2 bridgehead atoms. The fourth-order valence-electron chi connectivity index (χ4n) is 1.76. The zero-order chi connectivity index (χ0) is 8.01. The Hall–Kier alpha value is -0.930. The van der Waals surface area contributed by atoms with Crippen molar-refractivity contribution < 1.29 is 13.6 Å². The number of carbonyl (C=O) groups is 1. The minimum atomic E-state index is -1.61. The third kappa shape index (κ3) is 0.852. The molecule has 1 aliphatic heterocycles. The standard InChI is InChI=1S/C7H7F2NO/c8-6(9)4-1-3-2-5(4)10-7(3)11/h3,5H,1-2H2,(H,10,11). The molecule has 0 aromatic rings. The first kappa shape index (κ1) is 6.76. The van der Waals surface area contributed by atoms with E-state index in [1.807, 2.05) is 0 Å². The molecule has 0 aromatic carbocycles. The van der Waals surface area contributed by atoms with Gasteiger partial charge in [0, 0.05) is 11.5 Å². The smallest absolute Gasteiger partial charge is 0.271 e. The Kier molecular flexibility index (Phi) is 1.25. The van der Waals surface area contributed by atoms with E-state index in [2.05, 4.69) is 5.32 Å². The van der Waals surface area contributed by atoms with Crippen molar-refractivity contribution >= 4 is 5.91 Å². The van der Waals surface area contributed by atoms with Gasteiger partial charge in [0.05, 0.1) is 6.04 Å². The molecular weight excluding hydrogens is 152 g/mol. The lowest BCUT2D eigenvalue weighted by molar-refractivity contribution is -0.123. The van der Waals surface area contributed by atoms with Crippen LogP contribution in [0.1, 0.15) is 12.8 Å². The molecule has 60 valence electrons. The summed E-state index contributed by atoms with van der Waals surface area (Å²) < 4.78 is 24.1. The van der Waals surface area contributed by atoms with Gasteiger partial charge in [-0.2, -0.15) is 8.78 Å². The van der Waals surface area contributed by atoms with Gasteiger partial charge in [-0.3, -0.25) is 4.79 Å². The third-order valence-corrected chi connectivity index (χ3v) is 2.34. The lowest BCUT2D eigenvalue weighted by Crippen LogP contribution is -2.32. The highest BCUT2D eigenvalue weighted by Crippen LogP contribution is 2.38. The molecule has 11 heavy (non-hydrogen) atoms. The van der Waals surface area contributed by atoms with E-state index in [1.54, 1.807) is 0 Å². The SMILES string of the molecule is O=C1NC2CC1CC2=C(F)F. The van der Waals surface area contributed by atoms with Gasteiger partial charge < -0.3 is 5.32 Å². The van der Waals surface area contributed by atoms with E-state index < -0.39 is 6.08 Å². The second kappa shape index (κ2) is 2.03. The van der Waals surface area contributed by atoms with Crippen molar-refractivity contribution in [2.24, 2.45) is 5.92 Å². The minimum Gasteiger partial charge on any atom is -0.349 e. The largest absolute Gasteiger partial charge is 0.349 e. The van der Waals surface area contributed by atoms with Crippen LogP contribution in [0.2, 0.25) is 0 Å². The van der Waals surface area contributed by atoms with E-state index in [0.29, 0.717) is 6.42 Å². The van der Waals surface area contributed by atoms with Crippen LogP contribution < -0.4 is 5.32 Å². The predicted molar refractivity (Wildman–Crippen MR) is 33.9 cm³/mol. The van der Waals surface area contributed by atoms with Gasteiger partial charge >= 0.3 is 0 Å². The second-order valence-corrected chi connectivity index (χ2v) is 2.98. The van der Waals surface area contributed by atoms with Crippen molar-refractivity contribution in [1.82, 2.24) is 5.32 Å². The molecule has 1 N–H and O–H groups in total. The quantitative estimate of drug-likeness (QED) is 0.562. The van der Waals surface area contributed by atoms with Crippen LogP contribution in [0.25, 0.3) is 0 Å². The van der Waals surface area contributed by atoms with Crippen molar-refractivity contribution in [3.8, 4) is 0 Å². The maximum absolute atomic E-state index is 12.1. The minimum absolute atomic E-state index is 0.0694. The summed E-state index contributed by atoms with van der Waals surface area (Å²) in [4.78, 5) is 10.8. The molecule has 1 heterocycles. The van der Waals surface area contributed by atoms with E-state index in [-0.39, 0.29) is 29.9 Å². The van der Waals surface area contributed by atoms with E-state index in [9.17, 15) is 13.6 Å². The van der Waals surface area contributed by atoms with Gasteiger partial charge in [-0.1, -0.05) is 0 Å². The van der Waals surface area contributed by atoms with Gasteiger partial charge in [0.1, 0.15) is 0 Å². The summed E-state index contributed by atoms with van der Waals surface area (Å²) in [5.41, 5.74) is 0.134. The zero-order valence-corrected chi connectivity index (χ0v) is 5.73. The molecule has 0 radical (unpaired) electrons. The van der Waals surface area contributed by atoms with Gasteiger partial charge in [0.15, 0.2) is 0 Å². The van der Waals surface area contributed by atoms with Crippen molar-refractivity contribution in [2.75, 3.05) is 0 Å². The van der Waals surface area contributed by atoms with E-state index in [1.165, 1.54) is 0 Å². The van der Waals surface area contributed by atoms with Crippen LogP contribution in [-0.2, 0) is 4.79 Å². The number of hydrogen-bond acceptors (Lipinski definition) is 1. The van der Waals surface area contributed by atoms with E-state index in [0.717, 1.165) is 0 Å². The Morgan fingerprint density at radius 3 is 2.64 bits per heavy atom. The molecule has 4 heteroatoms. The van der Waals surface area contributed by atoms with E-state index >= 15 is 0 Å². The Bertz CT molecular complexity index is 245. The molecule has 2 unspecified atom stereocenters. The summed E-state index contributed by atoms with van der Waals surface area (Å²) in [7, 11) is 0. The number of halogens is 2. The van der Waals surface area contributed by atoms with Crippen LogP contribution in [0.3, 0.4) is 0 Å². The van der Waals surface area contributed by atoms with Gasteiger partial charge in [-0.15, -0.1) is 0 Å². The van der Waals surface area contributed by atoms with Crippen LogP contribution in [0.5, 0.6) is 0 Å². The molecule has 1 aliphatic carbocycles. The lowest BCUT2D eigenvalue weighted by atomic mass is 10.1. The molecule has 2 fully saturated rings. The molecule has 2 nitrogen and oxygen atoms in total. The molecule has 2 rings (SSSR count). The van der Waals surface area contributed by atoms with Crippen molar-refractivity contribution in [3.63, 3.8) is 0 Å². The van der Waals surface area contributed by atoms with E-state index in [4.69, 9.17) is 0 Å². The second-order valence-electron chi connectivity index (χ2n) is 2.98. The summed E-state index contributed by atoms with van der Waals surface area (Å²) >= 11 is 0. The first-order valence-corrected chi connectivity index (χ1v) is 3.53. The molecule has 1 saturated heterocycles. The molecule has 0 spiro atoms. The molecule has 2 atom stereocenters. The molecular formula is C7H7F2NO. The van der Waals surface area contributed by atoms with Gasteiger partial charge in [0.25, 0.3) is 6.08 Å². The molecule has 1 amide bonds. The fourth-order valence-corrected chi connectivity index (χ4v) is 1.76. The van der Waals surface area contributed by atoms with Crippen molar-refractivity contribution in [3.05, 3.63) is 11.7 Å². The van der Waals surface area contributed by atoms with Gasteiger partial charge in [-0.25, -0.2) is 0 Å². The molecule has 2 aliphatic rings. The first-order valence-electron chi connectivity index (χ1n) is 3.53. The Morgan fingerprint density at radius 2 is 2.27 bits per heavy atom. The van der Waals surface area contributed by atoms with Gasteiger partial charge in [0.2, 0.25) is 5.91 Å². The Morgan fingerprint density at radius 1 is 1.55 bits per heavy atom. The summed E-state index contributed by atoms with van der Waals surface area (Å²) in [6.45, 7) is 0. The fraction of sp³-hybridized carbons (Fsp3) is 0.571. The zero-order valence-electron chi connectivity index (χ0n) is 5.73. The Labute approximate surface area is 62.3 Å². The summed E-state index contributed by atoms with van der Waals surface area (Å²) in [5, 5.41) is 2.51. The average molecular weight is 159 g/mol. The summed E-state index contributed by atoms with van der Waals surface area (Å²) in [6.07, 6.45) is -0.790. The van der Waals surface area contributed by atoms with Crippen LogP contribution >= 0.6 is 0 Å². The maximum Gasteiger partial charge on any atom is 0.271 e. The number of rotatable bonds is 0. The van der Waals surface area contributed by atoms with Gasteiger partial charge in [-0.05, 0) is 12.8 Å². The van der Waals surface area contributed by atoms with Crippen LogP contribution in [-0.4, -0.2) is 11.9 Å². The Balaban J connectivity index is 2.27. The monoisotopic (exact) mass is 159 g/mol. The highest BCUT2D eigenvalue weighted by Gasteiger charge is 2.43. The highest BCUT2D eigenvalue weighted by molar-refractivity contribution is 5.84. The first-order chi connectivity index (χ1) is 5.18. The normalized spacial score (nSPS) is 34.4. The van der Waals surface area contributed by atoms with Crippen LogP contribution in [0, 0.1) is 5.92 Å². The molecule has 0 aromatic heterocycles. The predicted octanol–water partition coefficient (Wildman–Crippen LogP) is 1.05. The summed E-state index contributed by atoms with van der Waals surface area (Å²) in [6, 6.07) is -0.363. The topological polar surface area (TPSA) is 29.1 Å². The third-order valence-electron chi connectivity index (χ3n) is 2.34. The van der Waals surface area contributed by atoms with Crippen LogP contribution in [0.4, 0.5) is 8.78 Å².